The van der Waals surface area contributed by atoms with Gasteiger partial charge in [-0.25, -0.2) is 0 Å². The van der Waals surface area contributed by atoms with Crippen LogP contribution in [-0.4, -0.2) is 74.9 Å². The predicted molar refractivity (Wildman–Crippen MR) is 207 cm³/mol. The van der Waals surface area contributed by atoms with E-state index in [1.165, 1.54) is 68.1 Å². The molecule has 2 N–H and O–H groups in total. The molecule has 7 aliphatic rings. The van der Waals surface area contributed by atoms with Gasteiger partial charge in [-0.1, -0.05) is 58.9 Å². The molecule has 0 aromatic carbocycles. The first-order chi connectivity index (χ1) is 24.4. The summed E-state index contributed by atoms with van der Waals surface area (Å²) in [6, 6.07) is 0. The Bertz CT molecular complexity index is 1500. The zero-order valence-corrected chi connectivity index (χ0v) is 46.5. The Morgan fingerprint density at radius 2 is 1.60 bits per heavy atom. The fraction of sp³-hybridized carbons (Fsp3) is 0.841. The first-order valence-electron chi connectivity index (χ1n) is 20.9. The van der Waals surface area contributed by atoms with Gasteiger partial charge in [-0.15, -0.1) is 0 Å². The Balaban J connectivity index is 0.00000224. The molecule has 0 spiro atoms. The van der Waals surface area contributed by atoms with E-state index in [2.05, 4.69) is 70.5 Å². The summed E-state index contributed by atoms with van der Waals surface area (Å²) in [6.45, 7) is 22.9. The van der Waals surface area contributed by atoms with E-state index < -0.39 is 22.0 Å². The standard InChI is InChI=1S/C44H72N2O5S.3K/c1-30(2)32-12-19-44(45-23-24-46-25-28-52(50,51)29-26-46)21-20-41(6)34(37(32)44)8-9-36-40(5)15-13-33(39(3,4)35(40)14-16-42(36,41)7)31-10-17-43(18-11-31,22-27-47)38(48)49;;;/h10,13,32,34-37,45,47,50-51H,1,8-9,11-12,14-29H2,2-7H3,(H,48,49);;;/q;3*+1/p-3/t32-,34+,35-,36+,37+,40-,41+,42+,43?,44-;;;/m0.../s1. The number of fused-ring (bicyclic) bond motifs is 7. The van der Waals surface area contributed by atoms with E-state index in [0.29, 0.717) is 67.0 Å². The van der Waals surface area contributed by atoms with E-state index in [1.54, 1.807) is 0 Å². The summed E-state index contributed by atoms with van der Waals surface area (Å²) in [5.74, 6) is 2.62. The van der Waals surface area contributed by atoms with Gasteiger partial charge in [0.15, 0.2) is 0 Å². The molecule has 5 fully saturated rings. The Morgan fingerprint density at radius 3 is 2.20 bits per heavy atom. The van der Waals surface area contributed by atoms with Gasteiger partial charge in [0.05, 0.1) is 0 Å². The Labute approximate surface area is 463 Å². The van der Waals surface area contributed by atoms with Gasteiger partial charge >= 0.3 is 154 Å². The van der Waals surface area contributed by atoms with Gasteiger partial charge in [0.25, 0.3) is 0 Å². The first kappa shape index (κ1) is 51.4. The molecule has 294 valence electrons. The third-order valence-electron chi connectivity index (χ3n) is 18.0. The van der Waals surface area contributed by atoms with Crippen molar-refractivity contribution < 1.29 is 178 Å². The number of nitrogens with one attached hydrogen (secondary N) is 1. The van der Waals surface area contributed by atoms with Gasteiger partial charge in [-0.05, 0) is 164 Å². The average Bonchev–Trinajstić information content (AvgIpc) is 3.46. The molecule has 0 bridgehead atoms. The number of carbonyl (C=O) groups is 1. The smallest absolute Gasteiger partial charge is 0.800 e. The zero-order chi connectivity index (χ0) is 37.5. The van der Waals surface area contributed by atoms with Crippen LogP contribution in [0.2, 0.25) is 0 Å². The number of aliphatic hydroxyl groups is 1. The fourth-order valence-corrected chi connectivity index (χ4v) is 16.2. The maximum absolute atomic E-state index is 12.2. The van der Waals surface area contributed by atoms with Gasteiger partial charge in [0, 0.05) is 49.7 Å². The Hall–Kier alpha value is 3.75. The topological polar surface area (TPSA) is 122 Å². The van der Waals surface area contributed by atoms with Crippen LogP contribution < -0.4 is 165 Å². The van der Waals surface area contributed by atoms with Crippen molar-refractivity contribution in [1.82, 2.24) is 10.2 Å². The number of carboxylic acid groups (broad SMARTS) is 1. The summed E-state index contributed by atoms with van der Waals surface area (Å²) in [7, 11) is -2.87. The van der Waals surface area contributed by atoms with Crippen LogP contribution in [0.3, 0.4) is 0 Å². The van der Waals surface area contributed by atoms with E-state index in [9.17, 15) is 24.1 Å². The summed E-state index contributed by atoms with van der Waals surface area (Å²) >= 11 is 0. The van der Waals surface area contributed by atoms with Crippen molar-refractivity contribution in [3.8, 4) is 0 Å². The van der Waals surface area contributed by atoms with Crippen LogP contribution in [0.5, 0.6) is 0 Å². The van der Waals surface area contributed by atoms with Crippen LogP contribution in [0, 0.1) is 56.7 Å². The molecule has 0 aromatic rings. The van der Waals surface area contributed by atoms with E-state index in [-0.39, 0.29) is 194 Å². The molecule has 55 heavy (non-hydrogen) atoms. The maximum Gasteiger partial charge on any atom is 1.00 e. The van der Waals surface area contributed by atoms with Crippen molar-refractivity contribution in [2.24, 2.45) is 56.7 Å². The molecule has 11 heteroatoms. The van der Waals surface area contributed by atoms with Crippen LogP contribution in [0.15, 0.2) is 35.5 Å². The number of carboxylic acids is 1. The van der Waals surface area contributed by atoms with E-state index in [4.69, 9.17) is 0 Å². The number of rotatable bonds is 9. The molecule has 10 atom stereocenters. The molecule has 1 saturated heterocycles. The molecule has 1 heterocycles. The summed E-state index contributed by atoms with van der Waals surface area (Å²) in [5, 5.41) is 26.0. The number of sulfone groups is 1. The van der Waals surface area contributed by atoms with Crippen molar-refractivity contribution in [1.29, 1.82) is 0 Å². The predicted octanol–water partition coefficient (Wildman–Crippen LogP) is -1.86. The van der Waals surface area contributed by atoms with Gasteiger partial charge in [0.2, 0.25) is 0 Å². The monoisotopic (exact) mass is 854 g/mol. The molecular formula is C44H69K3N2O5S. The third kappa shape index (κ3) is 8.93. The Kier molecular flexibility index (Phi) is 17.8. The molecule has 7 nitrogen and oxygen atoms in total. The average molecular weight is 855 g/mol. The van der Waals surface area contributed by atoms with Gasteiger partial charge < -0.3 is 40.0 Å². The van der Waals surface area contributed by atoms with Crippen LogP contribution in [0.1, 0.15) is 125 Å². The molecule has 1 aliphatic heterocycles. The van der Waals surface area contributed by atoms with Gasteiger partial charge in [0.1, 0.15) is 0 Å². The summed E-state index contributed by atoms with van der Waals surface area (Å²) in [6.07, 6.45) is 17.9. The molecule has 1 unspecified atom stereocenters. The van der Waals surface area contributed by atoms with E-state index in [0.717, 1.165) is 25.9 Å². The largest absolute Gasteiger partial charge is 1.00 e. The second kappa shape index (κ2) is 19.1. The molecule has 7 rings (SSSR count). The summed E-state index contributed by atoms with van der Waals surface area (Å²) in [5.41, 5.74) is 4.09. The number of allylic oxidation sites excluding steroid dienone is 5. The molecule has 4 saturated carbocycles. The number of aliphatic carboxylic acids is 1. The fourth-order valence-electron chi connectivity index (χ4n) is 14.9. The molecule has 0 amide bonds. The van der Waals surface area contributed by atoms with Crippen LogP contribution >= 0.6 is 10.6 Å². The minimum atomic E-state index is -2.87. The second-order valence-corrected chi connectivity index (χ2v) is 22.6. The minimum absolute atomic E-state index is 0. The van der Waals surface area contributed by atoms with Crippen LogP contribution in [0.25, 0.3) is 0 Å². The zero-order valence-electron chi connectivity index (χ0n) is 36.3. The molecule has 6 aliphatic carbocycles. The summed E-state index contributed by atoms with van der Waals surface area (Å²) in [4.78, 5) is 14.5. The summed E-state index contributed by atoms with van der Waals surface area (Å²) < 4.78 is 24.1. The molecular weight excluding hydrogens is 786 g/mol. The SMILES string of the molecule is C=C(C)[C@@H]1CC[C@]2(NCCN3CCS([O-])([O-])CC3)CC[C@]3(C)[C@H](CC[C@@H]4[C@@]5(C)CC=C(C6=CCC(CCO)(C(=O)[O-])CC6)C(C)(C)[C@@H]5CC[C@]43C)[C@@H]12.[K+].[K+].[K+]. The number of aliphatic hydroxyl groups excluding tert-OH is 1. The number of hydrogen-bond acceptors (Lipinski definition) is 7. The first-order valence-corrected chi connectivity index (χ1v) is 22.8. The van der Waals surface area contributed by atoms with Crippen molar-refractivity contribution >= 4 is 16.6 Å². The minimum Gasteiger partial charge on any atom is -0.800 e. The van der Waals surface area contributed by atoms with Gasteiger partial charge in [-0.2, -0.15) is 0 Å². The number of nitrogens with zero attached hydrogens (tertiary/aromatic N) is 1. The van der Waals surface area contributed by atoms with Crippen LogP contribution in [-0.2, 0) is 4.79 Å². The molecule has 0 radical (unpaired) electrons. The van der Waals surface area contributed by atoms with E-state index in [1.807, 2.05) is 0 Å². The number of carbonyl (C=O) groups excluding carboxylic acids is 1. The number of hydrogen-bond donors (Lipinski definition) is 2. The van der Waals surface area contributed by atoms with Crippen molar-refractivity contribution in [2.45, 2.75) is 131 Å². The third-order valence-corrected chi connectivity index (χ3v) is 19.6. The van der Waals surface area contributed by atoms with Crippen LogP contribution in [0.4, 0.5) is 0 Å². The normalized spacial score (nSPS) is 43.5. The Morgan fingerprint density at radius 1 is 0.909 bits per heavy atom. The van der Waals surface area contributed by atoms with Crippen molar-refractivity contribution in [3.05, 3.63) is 35.5 Å². The van der Waals surface area contributed by atoms with E-state index >= 15 is 0 Å². The van der Waals surface area contributed by atoms with Crippen molar-refractivity contribution in [2.75, 3.05) is 44.3 Å². The van der Waals surface area contributed by atoms with Gasteiger partial charge in [-0.3, -0.25) is 4.90 Å². The maximum atomic E-state index is 12.2. The quantitative estimate of drug-likeness (QED) is 0.207. The van der Waals surface area contributed by atoms with Crippen molar-refractivity contribution in [3.63, 3.8) is 0 Å². The molecule has 0 aromatic heterocycles. The second-order valence-electron chi connectivity index (χ2n) is 20.3.